The maximum Gasteiger partial charge on any atom is 0.416 e. The lowest BCUT2D eigenvalue weighted by atomic mass is 10.1. The van der Waals surface area contributed by atoms with Gasteiger partial charge in [0, 0.05) is 10.0 Å². The van der Waals surface area contributed by atoms with Crippen LogP contribution in [-0.2, 0) is 6.18 Å². The minimum atomic E-state index is -4.70. The molecule has 2 aromatic rings. The molecule has 0 fully saturated rings. The molecule has 0 atom stereocenters. The van der Waals surface area contributed by atoms with Gasteiger partial charge in [0.2, 0.25) is 0 Å². The highest BCUT2D eigenvalue weighted by Gasteiger charge is 2.31. The topological polar surface area (TPSA) is 61.7 Å². The third-order valence-corrected chi connectivity index (χ3v) is 3.66. The Kier molecular flexibility index (Phi) is 5.46. The van der Waals surface area contributed by atoms with E-state index in [1.807, 2.05) is 5.43 Å². The van der Waals surface area contributed by atoms with Crippen molar-refractivity contribution in [1.82, 2.24) is 5.43 Å². The summed E-state index contributed by atoms with van der Waals surface area (Å²) in [6, 6.07) is 4.77. The average Bonchev–Trinajstić information content (AvgIpc) is 2.50. The second kappa shape index (κ2) is 7.22. The summed E-state index contributed by atoms with van der Waals surface area (Å²) in [5, 5.41) is 13.4. The van der Waals surface area contributed by atoms with E-state index in [0.29, 0.717) is 21.7 Å². The van der Waals surface area contributed by atoms with Crippen LogP contribution in [0.25, 0.3) is 0 Å². The molecule has 0 unspecified atom stereocenters. The van der Waals surface area contributed by atoms with Gasteiger partial charge in [-0.3, -0.25) is 4.79 Å². The number of nitrogens with zero attached hydrogens (tertiary/aromatic N) is 1. The van der Waals surface area contributed by atoms with E-state index in [9.17, 15) is 27.5 Å². The fourth-order valence-electron chi connectivity index (χ4n) is 1.96. The highest BCUT2D eigenvalue weighted by molar-refractivity contribution is 9.10. The molecule has 4 nitrogen and oxygen atoms in total. The van der Waals surface area contributed by atoms with E-state index >= 15 is 0 Å². The molecule has 9 heteroatoms. The van der Waals surface area contributed by atoms with Crippen LogP contribution in [0.1, 0.15) is 27.0 Å². The molecule has 1 amide bonds. The van der Waals surface area contributed by atoms with Crippen molar-refractivity contribution in [2.24, 2.45) is 5.10 Å². The van der Waals surface area contributed by atoms with Gasteiger partial charge in [0.1, 0.15) is 11.6 Å². The first-order chi connectivity index (χ1) is 11.6. The zero-order chi connectivity index (χ0) is 18.8. The monoisotopic (exact) mass is 418 g/mol. The molecule has 0 aliphatic rings. The third kappa shape index (κ3) is 4.56. The third-order valence-electron chi connectivity index (χ3n) is 3.21. The van der Waals surface area contributed by atoms with Crippen molar-refractivity contribution in [2.45, 2.75) is 13.1 Å². The Morgan fingerprint density at radius 2 is 1.96 bits per heavy atom. The van der Waals surface area contributed by atoms with Crippen molar-refractivity contribution in [2.75, 3.05) is 0 Å². The standard InChI is InChI=1S/C16H11BrF4N2O2/c1-8-4-11(17)5-9(14(8)24)7-22-23-15(25)12-3-2-10(6-13(12)18)16(19,20)21/h2-7,24H,1H3,(H,23,25)/b22-7+. The Labute approximate surface area is 148 Å². The van der Waals surface area contributed by atoms with Gasteiger partial charge in [0.15, 0.2) is 0 Å². The number of amides is 1. The normalized spacial score (nSPS) is 11.8. The smallest absolute Gasteiger partial charge is 0.416 e. The Hall–Kier alpha value is -2.42. The summed E-state index contributed by atoms with van der Waals surface area (Å²) in [4.78, 5) is 11.8. The molecule has 2 N–H and O–H groups in total. The number of halogens is 5. The van der Waals surface area contributed by atoms with Crippen LogP contribution < -0.4 is 5.43 Å². The summed E-state index contributed by atoms with van der Waals surface area (Å²) in [5.74, 6) is -2.39. The number of hydrogen-bond donors (Lipinski definition) is 2. The first-order valence-corrected chi connectivity index (χ1v) is 7.58. The number of nitrogens with one attached hydrogen (secondary N) is 1. The molecular formula is C16H11BrF4N2O2. The van der Waals surface area contributed by atoms with Crippen LogP contribution in [0.2, 0.25) is 0 Å². The van der Waals surface area contributed by atoms with Gasteiger partial charge in [0.25, 0.3) is 5.91 Å². The molecule has 2 aromatic carbocycles. The first kappa shape index (κ1) is 18.9. The van der Waals surface area contributed by atoms with Gasteiger partial charge in [0.05, 0.1) is 17.3 Å². The molecule has 132 valence electrons. The van der Waals surface area contributed by atoms with Gasteiger partial charge < -0.3 is 5.11 Å². The summed E-state index contributed by atoms with van der Waals surface area (Å²) in [5.41, 5.74) is 1.07. The van der Waals surface area contributed by atoms with Crippen molar-refractivity contribution in [3.05, 3.63) is 62.9 Å². The Morgan fingerprint density at radius 3 is 2.56 bits per heavy atom. The molecule has 0 spiro atoms. The molecule has 0 aromatic heterocycles. The van der Waals surface area contributed by atoms with E-state index in [0.717, 1.165) is 12.3 Å². The predicted octanol–water partition coefficient (Wildman–Crippen LogP) is 4.38. The van der Waals surface area contributed by atoms with Crippen LogP contribution in [0.4, 0.5) is 17.6 Å². The SMILES string of the molecule is Cc1cc(Br)cc(/C=N/NC(=O)c2ccc(C(F)(F)F)cc2F)c1O. The summed E-state index contributed by atoms with van der Waals surface area (Å²) >= 11 is 3.24. The van der Waals surface area contributed by atoms with Crippen molar-refractivity contribution >= 4 is 28.1 Å². The van der Waals surface area contributed by atoms with Gasteiger partial charge in [-0.25, -0.2) is 9.82 Å². The largest absolute Gasteiger partial charge is 0.507 e. The van der Waals surface area contributed by atoms with E-state index in [4.69, 9.17) is 0 Å². The molecule has 0 aliphatic heterocycles. The first-order valence-electron chi connectivity index (χ1n) is 6.79. The fourth-order valence-corrected chi connectivity index (χ4v) is 2.55. The average molecular weight is 419 g/mol. The van der Waals surface area contributed by atoms with Crippen LogP contribution in [0.15, 0.2) is 39.9 Å². The van der Waals surface area contributed by atoms with E-state index in [2.05, 4.69) is 21.0 Å². The number of carbonyl (C=O) groups excluding carboxylic acids is 1. The lowest BCUT2D eigenvalue weighted by molar-refractivity contribution is -0.137. The number of hydrazone groups is 1. The van der Waals surface area contributed by atoms with Gasteiger partial charge >= 0.3 is 6.18 Å². The van der Waals surface area contributed by atoms with Crippen molar-refractivity contribution in [1.29, 1.82) is 0 Å². The van der Waals surface area contributed by atoms with E-state index in [-0.39, 0.29) is 11.8 Å². The number of benzene rings is 2. The number of rotatable bonds is 3. The maximum atomic E-state index is 13.7. The van der Waals surface area contributed by atoms with Crippen molar-refractivity contribution < 1.29 is 27.5 Å². The highest BCUT2D eigenvalue weighted by Crippen LogP contribution is 2.30. The van der Waals surface area contributed by atoms with Crippen LogP contribution in [0, 0.1) is 12.7 Å². The minimum Gasteiger partial charge on any atom is -0.507 e. The second-order valence-corrected chi connectivity index (χ2v) is 5.97. The molecule has 2 rings (SSSR count). The molecular weight excluding hydrogens is 408 g/mol. The summed E-state index contributed by atoms with van der Waals surface area (Å²) in [6.45, 7) is 1.66. The fraction of sp³-hybridized carbons (Fsp3) is 0.125. The number of phenolic OH excluding ortho intramolecular Hbond substituents is 1. The van der Waals surface area contributed by atoms with Crippen molar-refractivity contribution in [3.8, 4) is 5.75 Å². The lowest BCUT2D eigenvalue weighted by Gasteiger charge is -2.08. The number of hydrogen-bond acceptors (Lipinski definition) is 3. The Balaban J connectivity index is 2.16. The number of aryl methyl sites for hydroxylation is 1. The van der Waals surface area contributed by atoms with E-state index in [1.54, 1.807) is 13.0 Å². The van der Waals surface area contributed by atoms with Crippen LogP contribution >= 0.6 is 15.9 Å². The molecule has 25 heavy (non-hydrogen) atoms. The molecule has 0 heterocycles. The Morgan fingerprint density at radius 1 is 1.28 bits per heavy atom. The maximum absolute atomic E-state index is 13.7. The molecule has 0 aliphatic carbocycles. The predicted molar refractivity (Wildman–Crippen MR) is 87.0 cm³/mol. The van der Waals surface area contributed by atoms with Crippen molar-refractivity contribution in [3.63, 3.8) is 0 Å². The summed E-state index contributed by atoms with van der Waals surface area (Å²) in [6.07, 6.45) is -3.57. The minimum absolute atomic E-state index is 0.0538. The molecule has 0 radical (unpaired) electrons. The number of aromatic hydroxyl groups is 1. The lowest BCUT2D eigenvalue weighted by Crippen LogP contribution is -2.19. The van der Waals surface area contributed by atoms with Crippen LogP contribution in [-0.4, -0.2) is 17.2 Å². The zero-order valence-electron chi connectivity index (χ0n) is 12.7. The van der Waals surface area contributed by atoms with Gasteiger partial charge in [-0.2, -0.15) is 18.3 Å². The quantitative estimate of drug-likeness (QED) is 0.441. The zero-order valence-corrected chi connectivity index (χ0v) is 14.2. The number of alkyl halides is 3. The molecule has 0 saturated carbocycles. The van der Waals surface area contributed by atoms with Gasteiger partial charge in [-0.1, -0.05) is 15.9 Å². The Bertz CT molecular complexity index is 851. The van der Waals surface area contributed by atoms with Crippen LogP contribution in [0.3, 0.4) is 0 Å². The second-order valence-electron chi connectivity index (χ2n) is 5.05. The summed E-state index contributed by atoms with van der Waals surface area (Å²) < 4.78 is 51.8. The van der Waals surface area contributed by atoms with E-state index in [1.165, 1.54) is 6.07 Å². The van der Waals surface area contributed by atoms with Gasteiger partial charge in [-0.05, 0) is 42.8 Å². The van der Waals surface area contributed by atoms with Crippen LogP contribution in [0.5, 0.6) is 5.75 Å². The van der Waals surface area contributed by atoms with Gasteiger partial charge in [-0.15, -0.1) is 0 Å². The number of carbonyl (C=O) groups is 1. The molecule has 0 saturated heterocycles. The summed E-state index contributed by atoms with van der Waals surface area (Å²) in [7, 11) is 0. The molecule has 0 bridgehead atoms. The van der Waals surface area contributed by atoms with E-state index < -0.39 is 29.0 Å². The highest BCUT2D eigenvalue weighted by atomic mass is 79.9. The number of phenols is 1.